The van der Waals surface area contributed by atoms with Crippen molar-refractivity contribution in [2.45, 2.75) is 39.0 Å². The van der Waals surface area contributed by atoms with E-state index in [0.717, 1.165) is 23.5 Å². The van der Waals surface area contributed by atoms with E-state index < -0.39 is 0 Å². The van der Waals surface area contributed by atoms with E-state index in [4.69, 9.17) is 10.00 Å². The Hall–Kier alpha value is -1.75. The summed E-state index contributed by atoms with van der Waals surface area (Å²) >= 11 is 0. The molecule has 0 N–H and O–H groups in total. The molecule has 0 atom stereocenters. The summed E-state index contributed by atoms with van der Waals surface area (Å²) in [6.45, 7) is 2.77. The fraction of sp³-hybridized carbons (Fsp3) is 0.471. The number of hydrogen-bond donors (Lipinski definition) is 0. The Morgan fingerprint density at radius 1 is 1.37 bits per heavy atom. The van der Waals surface area contributed by atoms with Gasteiger partial charge >= 0.3 is 0 Å². The van der Waals surface area contributed by atoms with Crippen molar-refractivity contribution in [3.63, 3.8) is 0 Å². The molecule has 0 heterocycles. The minimum atomic E-state index is 0.716. The lowest BCUT2D eigenvalue weighted by Gasteiger charge is -2.21. The molecule has 0 amide bonds. The second-order valence-corrected chi connectivity index (χ2v) is 5.30. The highest BCUT2D eigenvalue weighted by Gasteiger charge is 2.13. The van der Waals surface area contributed by atoms with Crippen molar-refractivity contribution in [3.05, 3.63) is 35.9 Å². The first-order valence-electron chi connectivity index (χ1n) is 7.09. The molecule has 0 aliphatic heterocycles. The van der Waals surface area contributed by atoms with Gasteiger partial charge in [0, 0.05) is 6.08 Å². The molecule has 1 aromatic carbocycles. The first-order chi connectivity index (χ1) is 9.29. The molecule has 1 aliphatic rings. The number of hydrogen-bond acceptors (Lipinski definition) is 2. The highest BCUT2D eigenvalue weighted by atomic mass is 16.5. The van der Waals surface area contributed by atoms with E-state index in [1.54, 1.807) is 6.08 Å². The molecule has 0 bridgehead atoms. The highest BCUT2D eigenvalue weighted by Crippen LogP contribution is 2.25. The average Bonchev–Trinajstić information content (AvgIpc) is 2.47. The third-order valence-electron chi connectivity index (χ3n) is 3.78. The molecule has 0 saturated heterocycles. The summed E-state index contributed by atoms with van der Waals surface area (Å²) in [5, 5.41) is 8.68. The van der Waals surface area contributed by atoms with Crippen molar-refractivity contribution in [1.29, 1.82) is 5.26 Å². The Bertz CT molecular complexity index is 478. The van der Waals surface area contributed by atoms with Crippen LogP contribution in [0.15, 0.2) is 30.3 Å². The molecule has 1 aliphatic carbocycles. The number of nitriles is 1. The second-order valence-electron chi connectivity index (χ2n) is 5.30. The maximum atomic E-state index is 8.68. The predicted octanol–water partition coefficient (Wildman–Crippen LogP) is 4.57. The summed E-state index contributed by atoms with van der Waals surface area (Å²) in [5.74, 6) is 1.63. The monoisotopic (exact) mass is 255 g/mol. The maximum absolute atomic E-state index is 8.68. The Kier molecular flexibility index (Phi) is 5.03. The first-order valence-corrected chi connectivity index (χ1v) is 7.09. The molecular weight excluding hydrogens is 234 g/mol. The molecule has 1 saturated carbocycles. The quantitative estimate of drug-likeness (QED) is 0.738. The minimum absolute atomic E-state index is 0.716. The summed E-state index contributed by atoms with van der Waals surface area (Å²) in [6, 6.07) is 10.1. The normalized spacial score (nSPS) is 16.9. The third kappa shape index (κ3) is 4.13. The van der Waals surface area contributed by atoms with Crippen molar-refractivity contribution in [2.24, 2.45) is 5.92 Å². The predicted molar refractivity (Wildman–Crippen MR) is 77.8 cm³/mol. The van der Waals surface area contributed by atoms with Gasteiger partial charge in [-0.15, -0.1) is 0 Å². The van der Waals surface area contributed by atoms with Crippen molar-refractivity contribution >= 4 is 5.57 Å². The van der Waals surface area contributed by atoms with Crippen LogP contribution >= 0.6 is 0 Å². The number of ether oxygens (including phenoxy) is 1. The lowest BCUT2D eigenvalue weighted by atomic mass is 9.90. The summed E-state index contributed by atoms with van der Waals surface area (Å²) in [6.07, 6.45) is 8.24. The van der Waals surface area contributed by atoms with Gasteiger partial charge in [0.1, 0.15) is 5.75 Å². The van der Waals surface area contributed by atoms with Gasteiger partial charge in [-0.3, -0.25) is 0 Å². The van der Waals surface area contributed by atoms with Gasteiger partial charge in [-0.05, 0) is 49.0 Å². The molecule has 2 rings (SSSR count). The summed E-state index contributed by atoms with van der Waals surface area (Å²) in [7, 11) is 0. The largest absolute Gasteiger partial charge is 0.493 e. The van der Waals surface area contributed by atoms with Gasteiger partial charge in [0.25, 0.3) is 0 Å². The van der Waals surface area contributed by atoms with Crippen LogP contribution in [0.25, 0.3) is 5.57 Å². The Balaban J connectivity index is 1.95. The van der Waals surface area contributed by atoms with Crippen molar-refractivity contribution in [2.75, 3.05) is 6.61 Å². The molecular formula is C17H21NO. The van der Waals surface area contributed by atoms with Crippen LogP contribution < -0.4 is 4.74 Å². The van der Waals surface area contributed by atoms with Crippen LogP contribution in [0, 0.1) is 17.2 Å². The standard InChI is InChI=1S/C17H21NO/c1-14(10-11-18)16-8-5-9-17(12-16)19-13-15-6-3-2-4-7-15/h5,8-10,12,15H,2-4,6-7,13H2,1H3. The van der Waals surface area contributed by atoms with Gasteiger partial charge in [-0.1, -0.05) is 31.4 Å². The number of allylic oxidation sites excluding steroid dienone is 2. The molecule has 0 radical (unpaired) electrons. The van der Waals surface area contributed by atoms with Crippen LogP contribution in [0.2, 0.25) is 0 Å². The zero-order valence-corrected chi connectivity index (χ0v) is 11.6. The number of benzene rings is 1. The topological polar surface area (TPSA) is 33.0 Å². The molecule has 2 heteroatoms. The van der Waals surface area contributed by atoms with Crippen molar-refractivity contribution in [1.82, 2.24) is 0 Å². The summed E-state index contributed by atoms with van der Waals surface area (Å²) < 4.78 is 5.90. The molecule has 1 fully saturated rings. The summed E-state index contributed by atoms with van der Waals surface area (Å²) in [4.78, 5) is 0. The number of nitrogens with zero attached hydrogens (tertiary/aromatic N) is 1. The first kappa shape index (κ1) is 13.7. The fourth-order valence-electron chi connectivity index (χ4n) is 2.58. The Morgan fingerprint density at radius 2 is 2.16 bits per heavy atom. The maximum Gasteiger partial charge on any atom is 0.119 e. The third-order valence-corrected chi connectivity index (χ3v) is 3.78. The van der Waals surface area contributed by atoms with E-state index in [-0.39, 0.29) is 0 Å². The highest BCUT2D eigenvalue weighted by molar-refractivity contribution is 5.66. The molecule has 0 spiro atoms. The fourth-order valence-corrected chi connectivity index (χ4v) is 2.58. The van der Waals surface area contributed by atoms with E-state index in [1.807, 2.05) is 31.2 Å². The van der Waals surface area contributed by atoms with Crippen LogP contribution in [0.4, 0.5) is 0 Å². The van der Waals surface area contributed by atoms with Crippen LogP contribution in [-0.2, 0) is 0 Å². The average molecular weight is 255 g/mol. The van der Waals surface area contributed by atoms with Gasteiger partial charge in [0.15, 0.2) is 0 Å². The molecule has 100 valence electrons. The van der Waals surface area contributed by atoms with E-state index in [9.17, 15) is 0 Å². The lowest BCUT2D eigenvalue weighted by molar-refractivity contribution is 0.209. The van der Waals surface area contributed by atoms with Crippen LogP contribution in [0.5, 0.6) is 5.75 Å². The van der Waals surface area contributed by atoms with Crippen molar-refractivity contribution in [3.8, 4) is 11.8 Å². The van der Waals surface area contributed by atoms with Gasteiger partial charge in [0.05, 0.1) is 12.7 Å². The number of rotatable bonds is 4. The van der Waals surface area contributed by atoms with Crippen LogP contribution in [0.1, 0.15) is 44.6 Å². The Morgan fingerprint density at radius 3 is 2.89 bits per heavy atom. The molecule has 19 heavy (non-hydrogen) atoms. The Labute approximate surface area is 115 Å². The zero-order valence-electron chi connectivity index (χ0n) is 11.6. The molecule has 0 aromatic heterocycles. The SMILES string of the molecule is CC(=CC#N)c1cccc(OCC2CCCCC2)c1. The van der Waals surface area contributed by atoms with Gasteiger partial charge in [-0.25, -0.2) is 0 Å². The molecule has 2 nitrogen and oxygen atoms in total. The van der Waals surface area contributed by atoms with Crippen molar-refractivity contribution < 1.29 is 4.74 Å². The second kappa shape index (κ2) is 6.99. The summed E-state index contributed by atoms with van der Waals surface area (Å²) in [5.41, 5.74) is 2.04. The van der Waals surface area contributed by atoms with E-state index in [2.05, 4.69) is 6.07 Å². The van der Waals surface area contributed by atoms with E-state index in [0.29, 0.717) is 5.92 Å². The van der Waals surface area contributed by atoms with Crippen LogP contribution in [0.3, 0.4) is 0 Å². The van der Waals surface area contributed by atoms with E-state index >= 15 is 0 Å². The zero-order chi connectivity index (χ0) is 13.5. The van der Waals surface area contributed by atoms with Crippen LogP contribution in [-0.4, -0.2) is 6.61 Å². The molecule has 0 unspecified atom stereocenters. The van der Waals surface area contributed by atoms with Gasteiger partial charge in [-0.2, -0.15) is 5.26 Å². The van der Waals surface area contributed by atoms with Gasteiger partial charge < -0.3 is 4.74 Å². The van der Waals surface area contributed by atoms with Gasteiger partial charge in [0.2, 0.25) is 0 Å². The van der Waals surface area contributed by atoms with E-state index in [1.165, 1.54) is 32.1 Å². The lowest BCUT2D eigenvalue weighted by Crippen LogP contribution is -2.15. The smallest absolute Gasteiger partial charge is 0.119 e. The minimum Gasteiger partial charge on any atom is -0.493 e. The molecule has 1 aromatic rings.